The molecule has 0 aliphatic rings. The average molecular weight is 997 g/mol. The summed E-state index contributed by atoms with van der Waals surface area (Å²) in [6, 6.07) is 92.4. The fourth-order valence-corrected chi connectivity index (χ4v) is 11.4. The van der Waals surface area contributed by atoms with E-state index in [1.165, 1.54) is 16.7 Å². The van der Waals surface area contributed by atoms with Gasteiger partial charge >= 0.3 is 0 Å². The van der Waals surface area contributed by atoms with Crippen molar-refractivity contribution in [2.45, 2.75) is 13.8 Å². The highest BCUT2D eigenvalue weighted by Crippen LogP contribution is 2.46. The predicted molar refractivity (Wildman–Crippen MR) is 321 cm³/mol. The molecule has 0 fully saturated rings. The third-order valence-electron chi connectivity index (χ3n) is 15.2. The van der Waals surface area contributed by atoms with E-state index < -0.39 is 0 Å². The molecule has 3 heterocycles. The number of rotatable bonds is 9. The van der Waals surface area contributed by atoms with Gasteiger partial charge in [-0.3, -0.25) is 0 Å². The van der Waals surface area contributed by atoms with E-state index in [9.17, 15) is 5.26 Å². The SMILES string of the molecule is Cc1ccc(-c2ccc3c(c2)c2ccccc2n3-c2ccc(-c3ccccc3C#N)cc2-c2cccc(-n3c4ccccc4c4cc(-c5ccc(C)cc5)ccc43)c2-c2nc(-c3ccccc3)nc(-c3ccccc3)n2)cc1. The highest BCUT2D eigenvalue weighted by molar-refractivity contribution is 6.13. The molecule has 78 heavy (non-hydrogen) atoms. The fraction of sp³-hybridized carbons (Fsp3) is 0.0278. The summed E-state index contributed by atoms with van der Waals surface area (Å²) in [7, 11) is 0. The third-order valence-corrected chi connectivity index (χ3v) is 15.2. The molecule has 0 atom stereocenters. The first-order chi connectivity index (χ1) is 38.5. The lowest BCUT2D eigenvalue weighted by Crippen LogP contribution is -2.06. The molecule has 0 bridgehead atoms. The van der Waals surface area contributed by atoms with Gasteiger partial charge in [-0.15, -0.1) is 0 Å². The van der Waals surface area contributed by atoms with Crippen molar-refractivity contribution in [3.63, 3.8) is 0 Å². The van der Waals surface area contributed by atoms with E-state index in [1.54, 1.807) is 0 Å². The lowest BCUT2D eigenvalue weighted by molar-refractivity contribution is 1.06. The van der Waals surface area contributed by atoms with Crippen LogP contribution in [0.4, 0.5) is 0 Å². The first-order valence-electron chi connectivity index (χ1n) is 26.3. The Morgan fingerprint density at radius 2 is 0.756 bits per heavy atom. The summed E-state index contributed by atoms with van der Waals surface area (Å²) in [5, 5.41) is 15.2. The van der Waals surface area contributed by atoms with Crippen molar-refractivity contribution < 1.29 is 0 Å². The second kappa shape index (κ2) is 19.0. The van der Waals surface area contributed by atoms with E-state index in [4.69, 9.17) is 15.0 Å². The molecule has 0 saturated carbocycles. The van der Waals surface area contributed by atoms with Crippen LogP contribution in [0.15, 0.2) is 255 Å². The maximum Gasteiger partial charge on any atom is 0.166 e. The van der Waals surface area contributed by atoms with Gasteiger partial charge in [0.25, 0.3) is 0 Å². The summed E-state index contributed by atoms with van der Waals surface area (Å²) in [6.07, 6.45) is 0. The zero-order valence-corrected chi connectivity index (χ0v) is 42.9. The topological polar surface area (TPSA) is 72.3 Å². The maximum atomic E-state index is 10.6. The van der Waals surface area contributed by atoms with Gasteiger partial charge in [0.2, 0.25) is 0 Å². The first-order valence-corrected chi connectivity index (χ1v) is 26.3. The fourth-order valence-electron chi connectivity index (χ4n) is 11.4. The summed E-state index contributed by atoms with van der Waals surface area (Å²) in [5.41, 5.74) is 20.0. The molecule has 0 unspecified atom stereocenters. The molecular formula is C72H48N6. The molecule has 0 spiro atoms. The number of aryl methyl sites for hydroxylation is 2. The standard InChI is InChI=1S/C72H48N6/c1-46-28-32-48(33-29-46)52-36-39-65-60(42-52)57-22-11-13-25-63(57)77(65)67-41-38-54(56-21-10-9-20-55(56)45-73)44-62(67)59-24-15-27-68(69(59)72-75-70(50-16-5-3-6-17-50)74-71(76-72)51-18-7-4-8-19-51)78-64-26-14-12-23-58(64)61-43-53(37-40-66(61)78)49-34-30-47(2)31-35-49/h3-44H,1-2H3. The average Bonchev–Trinajstić information content (AvgIpc) is 4.22. The van der Waals surface area contributed by atoms with E-state index in [0.717, 1.165) is 111 Å². The van der Waals surface area contributed by atoms with Gasteiger partial charge in [0.05, 0.1) is 50.6 Å². The summed E-state index contributed by atoms with van der Waals surface area (Å²) < 4.78 is 4.79. The molecule has 366 valence electrons. The van der Waals surface area contributed by atoms with Gasteiger partial charge in [-0.2, -0.15) is 5.26 Å². The van der Waals surface area contributed by atoms with E-state index in [0.29, 0.717) is 23.0 Å². The van der Waals surface area contributed by atoms with Crippen LogP contribution in [0.25, 0.3) is 134 Å². The molecule has 0 saturated heterocycles. The minimum Gasteiger partial charge on any atom is -0.309 e. The smallest absolute Gasteiger partial charge is 0.166 e. The predicted octanol–water partition coefficient (Wildman–Crippen LogP) is 18.2. The Morgan fingerprint density at radius 1 is 0.308 bits per heavy atom. The van der Waals surface area contributed by atoms with Crippen molar-refractivity contribution in [1.29, 1.82) is 5.26 Å². The molecule has 0 aliphatic carbocycles. The van der Waals surface area contributed by atoms with E-state index in [1.807, 2.05) is 60.7 Å². The van der Waals surface area contributed by atoms with Gasteiger partial charge < -0.3 is 9.13 Å². The molecule has 14 rings (SSSR count). The molecule has 3 aromatic heterocycles. The monoisotopic (exact) mass is 996 g/mol. The van der Waals surface area contributed by atoms with Gasteiger partial charge in [-0.25, -0.2) is 15.0 Å². The Kier molecular flexibility index (Phi) is 11.2. The van der Waals surface area contributed by atoms with E-state index >= 15 is 0 Å². The molecule has 0 amide bonds. The number of nitriles is 1. The minimum atomic E-state index is 0.522. The second-order valence-electron chi connectivity index (χ2n) is 20.0. The molecule has 6 heteroatoms. The van der Waals surface area contributed by atoms with Gasteiger partial charge in [0.1, 0.15) is 0 Å². The van der Waals surface area contributed by atoms with Crippen LogP contribution in [0.3, 0.4) is 0 Å². The van der Waals surface area contributed by atoms with Crippen LogP contribution in [0.5, 0.6) is 0 Å². The van der Waals surface area contributed by atoms with Crippen molar-refractivity contribution >= 4 is 43.6 Å². The van der Waals surface area contributed by atoms with Crippen molar-refractivity contribution in [2.75, 3.05) is 0 Å². The van der Waals surface area contributed by atoms with E-state index in [2.05, 4.69) is 223 Å². The Morgan fingerprint density at radius 3 is 1.32 bits per heavy atom. The summed E-state index contributed by atoms with van der Waals surface area (Å²) in [6.45, 7) is 4.25. The van der Waals surface area contributed by atoms with Crippen LogP contribution in [0.2, 0.25) is 0 Å². The third kappa shape index (κ3) is 7.92. The van der Waals surface area contributed by atoms with Crippen LogP contribution in [-0.2, 0) is 0 Å². The molecular weight excluding hydrogens is 949 g/mol. The molecule has 14 aromatic rings. The number of hydrogen-bond acceptors (Lipinski definition) is 4. The highest BCUT2D eigenvalue weighted by Gasteiger charge is 2.26. The Bertz CT molecular complexity index is 4620. The zero-order chi connectivity index (χ0) is 52.3. The Hall–Kier alpha value is -10.5. The second-order valence-corrected chi connectivity index (χ2v) is 20.0. The number of aromatic nitrogens is 5. The van der Waals surface area contributed by atoms with Gasteiger partial charge in [-0.05, 0) is 113 Å². The molecule has 6 nitrogen and oxygen atoms in total. The van der Waals surface area contributed by atoms with Gasteiger partial charge in [0, 0.05) is 38.2 Å². The van der Waals surface area contributed by atoms with Crippen molar-refractivity contribution in [1.82, 2.24) is 24.1 Å². The van der Waals surface area contributed by atoms with Crippen LogP contribution >= 0.6 is 0 Å². The summed E-state index contributed by atoms with van der Waals surface area (Å²) in [4.78, 5) is 16.3. The summed E-state index contributed by atoms with van der Waals surface area (Å²) >= 11 is 0. The summed E-state index contributed by atoms with van der Waals surface area (Å²) in [5.74, 6) is 1.65. The van der Waals surface area contributed by atoms with Crippen LogP contribution < -0.4 is 0 Å². The molecule has 0 aliphatic heterocycles. The van der Waals surface area contributed by atoms with Gasteiger partial charge in [-0.1, -0.05) is 205 Å². The molecule has 11 aromatic carbocycles. The number of benzene rings is 11. The number of nitrogens with zero attached hydrogens (tertiary/aromatic N) is 6. The Labute approximate surface area is 452 Å². The minimum absolute atomic E-state index is 0.522. The number of para-hydroxylation sites is 2. The van der Waals surface area contributed by atoms with Crippen LogP contribution in [0.1, 0.15) is 16.7 Å². The number of hydrogen-bond donors (Lipinski definition) is 0. The van der Waals surface area contributed by atoms with Crippen molar-refractivity contribution in [2.24, 2.45) is 0 Å². The highest BCUT2D eigenvalue weighted by atomic mass is 15.1. The van der Waals surface area contributed by atoms with Gasteiger partial charge in [0.15, 0.2) is 17.5 Å². The lowest BCUT2D eigenvalue weighted by atomic mass is 9.91. The lowest BCUT2D eigenvalue weighted by Gasteiger charge is -2.21. The van der Waals surface area contributed by atoms with Crippen molar-refractivity contribution in [3.8, 4) is 96.1 Å². The maximum absolute atomic E-state index is 10.6. The zero-order valence-electron chi connectivity index (χ0n) is 42.9. The quantitative estimate of drug-likeness (QED) is 0.144. The molecule has 0 N–H and O–H groups in total. The Balaban J connectivity index is 1.11. The van der Waals surface area contributed by atoms with Crippen LogP contribution in [-0.4, -0.2) is 24.1 Å². The molecule has 0 radical (unpaired) electrons. The first kappa shape index (κ1) is 46.1. The van der Waals surface area contributed by atoms with E-state index in [-0.39, 0.29) is 0 Å². The number of fused-ring (bicyclic) bond motifs is 6. The normalized spacial score (nSPS) is 11.4. The van der Waals surface area contributed by atoms with Crippen LogP contribution in [0, 0.1) is 25.2 Å². The largest absolute Gasteiger partial charge is 0.309 e. The van der Waals surface area contributed by atoms with Crippen molar-refractivity contribution in [3.05, 3.63) is 271 Å².